The summed E-state index contributed by atoms with van der Waals surface area (Å²) in [6.07, 6.45) is 2.94. The van der Waals surface area contributed by atoms with Crippen molar-refractivity contribution in [1.82, 2.24) is 9.80 Å². The van der Waals surface area contributed by atoms with Crippen LogP contribution in [0.1, 0.15) is 28.8 Å². The molecule has 0 radical (unpaired) electrons. The molecule has 2 fully saturated rings. The van der Waals surface area contributed by atoms with Crippen molar-refractivity contribution in [3.05, 3.63) is 35.4 Å². The van der Waals surface area contributed by atoms with Crippen molar-refractivity contribution in [3.8, 4) is 0 Å². The number of rotatable bonds is 7. The lowest BCUT2D eigenvalue weighted by atomic mass is 10.1. The Labute approximate surface area is 138 Å². The van der Waals surface area contributed by atoms with E-state index in [1.54, 1.807) is 6.07 Å². The SMILES string of the molecule is CN1CCO[C@H](CN(Cc2cccc(C(N)=O)c2)CC2CC2)C1. The zero-order valence-electron chi connectivity index (χ0n) is 13.9. The minimum atomic E-state index is -0.363. The lowest BCUT2D eigenvalue weighted by Crippen LogP contribution is -2.46. The molecular formula is C18H27N3O2. The third-order valence-corrected chi connectivity index (χ3v) is 4.63. The fourth-order valence-electron chi connectivity index (χ4n) is 3.22. The number of nitrogens with two attached hydrogens (primary N) is 1. The summed E-state index contributed by atoms with van der Waals surface area (Å²) in [5, 5.41) is 0. The van der Waals surface area contributed by atoms with E-state index in [9.17, 15) is 4.79 Å². The molecule has 0 aromatic heterocycles. The van der Waals surface area contributed by atoms with Crippen LogP contribution in [0.25, 0.3) is 0 Å². The highest BCUT2D eigenvalue weighted by Gasteiger charge is 2.27. The van der Waals surface area contributed by atoms with Crippen molar-refractivity contribution in [1.29, 1.82) is 0 Å². The maximum atomic E-state index is 11.4. The zero-order valence-corrected chi connectivity index (χ0v) is 13.9. The molecule has 0 bridgehead atoms. The van der Waals surface area contributed by atoms with Crippen LogP contribution in [0.15, 0.2) is 24.3 Å². The molecule has 1 atom stereocenters. The van der Waals surface area contributed by atoms with Gasteiger partial charge >= 0.3 is 0 Å². The van der Waals surface area contributed by atoms with Gasteiger partial charge < -0.3 is 15.4 Å². The zero-order chi connectivity index (χ0) is 16.2. The molecule has 1 aromatic carbocycles. The Bertz CT molecular complexity index is 545. The number of carbonyl (C=O) groups excluding carboxylic acids is 1. The fraction of sp³-hybridized carbons (Fsp3) is 0.611. The molecule has 1 aliphatic carbocycles. The first-order chi connectivity index (χ1) is 11.1. The van der Waals surface area contributed by atoms with Gasteiger partial charge in [-0.15, -0.1) is 0 Å². The van der Waals surface area contributed by atoms with Gasteiger partial charge in [-0.1, -0.05) is 12.1 Å². The molecule has 1 amide bonds. The maximum absolute atomic E-state index is 11.4. The van der Waals surface area contributed by atoms with Crippen molar-refractivity contribution >= 4 is 5.91 Å². The average Bonchev–Trinajstić information content (AvgIpc) is 3.31. The lowest BCUT2D eigenvalue weighted by Gasteiger charge is -2.34. The van der Waals surface area contributed by atoms with Crippen LogP contribution in [0.4, 0.5) is 0 Å². The molecule has 0 unspecified atom stereocenters. The van der Waals surface area contributed by atoms with Gasteiger partial charge in [-0.3, -0.25) is 9.69 Å². The average molecular weight is 317 g/mol. The predicted octanol–water partition coefficient (Wildman–Crippen LogP) is 1.33. The minimum Gasteiger partial charge on any atom is -0.374 e. The summed E-state index contributed by atoms with van der Waals surface area (Å²) in [4.78, 5) is 16.2. The monoisotopic (exact) mass is 317 g/mol. The van der Waals surface area contributed by atoms with Gasteiger partial charge in [-0.25, -0.2) is 0 Å². The van der Waals surface area contributed by atoms with Crippen molar-refractivity contribution < 1.29 is 9.53 Å². The normalized spacial score (nSPS) is 22.4. The van der Waals surface area contributed by atoms with E-state index >= 15 is 0 Å². The second-order valence-electron chi connectivity index (χ2n) is 6.96. The topological polar surface area (TPSA) is 58.8 Å². The van der Waals surface area contributed by atoms with Gasteiger partial charge in [0, 0.05) is 38.3 Å². The van der Waals surface area contributed by atoms with Crippen LogP contribution in [0.2, 0.25) is 0 Å². The Morgan fingerprint density at radius 1 is 1.39 bits per heavy atom. The summed E-state index contributed by atoms with van der Waals surface area (Å²) in [6.45, 7) is 5.73. The predicted molar refractivity (Wildman–Crippen MR) is 90.2 cm³/mol. The van der Waals surface area contributed by atoms with Crippen LogP contribution in [-0.2, 0) is 11.3 Å². The van der Waals surface area contributed by atoms with Crippen molar-refractivity contribution in [2.75, 3.05) is 39.8 Å². The summed E-state index contributed by atoms with van der Waals surface area (Å²) in [7, 11) is 2.15. The van der Waals surface area contributed by atoms with Gasteiger partial charge in [0.15, 0.2) is 0 Å². The van der Waals surface area contributed by atoms with Crippen molar-refractivity contribution in [2.24, 2.45) is 11.7 Å². The third-order valence-electron chi connectivity index (χ3n) is 4.63. The first-order valence-electron chi connectivity index (χ1n) is 8.51. The quantitative estimate of drug-likeness (QED) is 0.824. The number of benzene rings is 1. The summed E-state index contributed by atoms with van der Waals surface area (Å²) < 4.78 is 5.92. The summed E-state index contributed by atoms with van der Waals surface area (Å²) >= 11 is 0. The van der Waals surface area contributed by atoms with E-state index in [4.69, 9.17) is 10.5 Å². The number of likely N-dealkylation sites (N-methyl/N-ethyl adjacent to an activating group) is 1. The molecule has 23 heavy (non-hydrogen) atoms. The largest absolute Gasteiger partial charge is 0.374 e. The van der Waals surface area contributed by atoms with Crippen molar-refractivity contribution in [2.45, 2.75) is 25.5 Å². The first-order valence-corrected chi connectivity index (χ1v) is 8.51. The third kappa shape index (κ3) is 5.03. The second-order valence-corrected chi connectivity index (χ2v) is 6.96. The summed E-state index contributed by atoms with van der Waals surface area (Å²) in [6, 6.07) is 7.67. The van der Waals surface area contributed by atoms with E-state index in [0.29, 0.717) is 5.56 Å². The van der Waals surface area contributed by atoms with Gasteiger partial charge in [-0.2, -0.15) is 0 Å². The molecule has 3 rings (SSSR count). The van der Waals surface area contributed by atoms with Crippen LogP contribution >= 0.6 is 0 Å². The number of carbonyl (C=O) groups is 1. The number of ether oxygens (including phenoxy) is 1. The molecule has 1 aromatic rings. The Morgan fingerprint density at radius 2 is 2.22 bits per heavy atom. The van der Waals surface area contributed by atoms with Gasteiger partial charge in [0.25, 0.3) is 0 Å². The van der Waals surface area contributed by atoms with Gasteiger partial charge in [0.2, 0.25) is 5.91 Å². The molecule has 0 spiro atoms. The molecule has 2 aliphatic rings. The van der Waals surface area contributed by atoms with E-state index in [1.165, 1.54) is 12.8 Å². The highest BCUT2D eigenvalue weighted by Crippen LogP contribution is 2.30. The minimum absolute atomic E-state index is 0.270. The number of primary amides is 1. The van der Waals surface area contributed by atoms with Gasteiger partial charge in [0.05, 0.1) is 12.7 Å². The number of hydrogen-bond acceptors (Lipinski definition) is 4. The van der Waals surface area contributed by atoms with E-state index < -0.39 is 0 Å². The van der Waals surface area contributed by atoms with Crippen LogP contribution in [-0.4, -0.2) is 61.6 Å². The molecule has 1 saturated carbocycles. The molecular weight excluding hydrogens is 290 g/mol. The number of amides is 1. The molecule has 126 valence electrons. The number of morpholine rings is 1. The highest BCUT2D eigenvalue weighted by atomic mass is 16.5. The van der Waals surface area contributed by atoms with Crippen LogP contribution in [0, 0.1) is 5.92 Å². The Hall–Kier alpha value is -1.43. The van der Waals surface area contributed by atoms with Crippen LogP contribution in [0.3, 0.4) is 0 Å². The van der Waals surface area contributed by atoms with E-state index in [0.717, 1.165) is 50.8 Å². The van der Waals surface area contributed by atoms with E-state index in [1.807, 2.05) is 12.1 Å². The van der Waals surface area contributed by atoms with E-state index in [-0.39, 0.29) is 12.0 Å². The molecule has 5 nitrogen and oxygen atoms in total. The van der Waals surface area contributed by atoms with E-state index in [2.05, 4.69) is 22.9 Å². The fourth-order valence-corrected chi connectivity index (χ4v) is 3.22. The number of hydrogen-bond donors (Lipinski definition) is 1. The summed E-state index contributed by atoms with van der Waals surface area (Å²) in [5.41, 5.74) is 7.12. The smallest absolute Gasteiger partial charge is 0.248 e. The van der Waals surface area contributed by atoms with Crippen LogP contribution < -0.4 is 5.73 Å². The maximum Gasteiger partial charge on any atom is 0.248 e. The highest BCUT2D eigenvalue weighted by molar-refractivity contribution is 5.92. The molecule has 1 aliphatic heterocycles. The van der Waals surface area contributed by atoms with Crippen molar-refractivity contribution in [3.63, 3.8) is 0 Å². The lowest BCUT2D eigenvalue weighted by molar-refractivity contribution is -0.0372. The summed E-state index contributed by atoms with van der Waals surface area (Å²) in [5.74, 6) is 0.466. The first kappa shape index (κ1) is 16.4. The van der Waals surface area contributed by atoms with Gasteiger partial charge in [-0.05, 0) is 43.5 Å². The Kier molecular flexibility index (Phi) is 5.30. The molecule has 5 heteroatoms. The standard InChI is InChI=1S/C18H27N3O2/c1-20-7-8-23-17(12-20)13-21(10-14-5-6-14)11-15-3-2-4-16(9-15)18(19)22/h2-4,9,14,17H,5-8,10-13H2,1H3,(H2,19,22)/t17-/m0/s1. The molecule has 1 saturated heterocycles. The molecule has 1 heterocycles. The molecule has 2 N–H and O–H groups in total. The van der Waals surface area contributed by atoms with Crippen LogP contribution in [0.5, 0.6) is 0 Å². The number of nitrogens with zero attached hydrogens (tertiary/aromatic N) is 2. The van der Waals surface area contributed by atoms with Gasteiger partial charge in [0.1, 0.15) is 0 Å². The Morgan fingerprint density at radius 3 is 2.91 bits per heavy atom. The second kappa shape index (κ2) is 7.43. The Balaban J connectivity index is 1.63.